The number of fused-ring (bicyclic) bond motifs is 1. The molecule has 0 aromatic heterocycles. The largest absolute Gasteiger partial charge is 0.478 e. The highest BCUT2D eigenvalue weighted by Gasteiger charge is 2.41. The molecule has 1 fully saturated rings. The number of carboxylic acid groups (broad SMARTS) is 1. The lowest BCUT2D eigenvalue weighted by atomic mass is 9.62. The van der Waals surface area contributed by atoms with Crippen molar-refractivity contribution in [2.24, 2.45) is 5.92 Å². The van der Waals surface area contributed by atoms with Crippen molar-refractivity contribution >= 4 is 5.97 Å². The molecule has 0 saturated heterocycles. The molecule has 1 aromatic carbocycles. The quantitative estimate of drug-likeness (QED) is 0.482. The van der Waals surface area contributed by atoms with Crippen molar-refractivity contribution in [3.63, 3.8) is 0 Å². The van der Waals surface area contributed by atoms with Crippen LogP contribution in [0, 0.1) is 12.8 Å². The molecule has 2 heteroatoms. The average molecular weight is 367 g/mol. The number of hydrogen-bond acceptors (Lipinski definition) is 1. The van der Waals surface area contributed by atoms with Gasteiger partial charge < -0.3 is 5.11 Å². The predicted octanol–water partition coefficient (Wildman–Crippen LogP) is 6.42. The van der Waals surface area contributed by atoms with E-state index in [1.807, 2.05) is 13.0 Å². The third-order valence-electron chi connectivity index (χ3n) is 6.73. The van der Waals surface area contributed by atoms with Crippen LogP contribution in [-0.4, -0.2) is 11.1 Å². The van der Waals surface area contributed by atoms with E-state index in [4.69, 9.17) is 5.11 Å². The highest BCUT2D eigenvalue weighted by Crippen LogP contribution is 2.53. The van der Waals surface area contributed by atoms with Crippen LogP contribution in [0.4, 0.5) is 0 Å². The van der Waals surface area contributed by atoms with Crippen molar-refractivity contribution in [3.05, 3.63) is 58.2 Å². The van der Waals surface area contributed by atoms with Crippen LogP contribution in [0.25, 0.3) is 0 Å². The maximum absolute atomic E-state index is 10.7. The molecule has 2 aliphatic carbocycles. The molecule has 0 radical (unpaired) electrons. The van der Waals surface area contributed by atoms with Gasteiger partial charge in [0.2, 0.25) is 0 Å². The third-order valence-corrected chi connectivity index (χ3v) is 6.73. The van der Waals surface area contributed by atoms with Gasteiger partial charge in [-0.2, -0.15) is 0 Å². The summed E-state index contributed by atoms with van der Waals surface area (Å²) in [5.74, 6) is 0.469. The van der Waals surface area contributed by atoms with Gasteiger partial charge in [-0.15, -0.1) is 0 Å². The summed E-state index contributed by atoms with van der Waals surface area (Å²) in [4.78, 5) is 10.7. The third kappa shape index (κ3) is 4.20. The molecule has 0 bridgehead atoms. The van der Waals surface area contributed by atoms with E-state index in [2.05, 4.69) is 52.8 Å². The summed E-state index contributed by atoms with van der Waals surface area (Å²) in [5, 5.41) is 8.79. The Morgan fingerprint density at radius 3 is 2.33 bits per heavy atom. The molecular weight excluding hydrogens is 332 g/mol. The van der Waals surface area contributed by atoms with Gasteiger partial charge >= 0.3 is 5.97 Å². The predicted molar refractivity (Wildman–Crippen MR) is 112 cm³/mol. The normalized spacial score (nSPS) is 26.1. The van der Waals surface area contributed by atoms with Crippen LogP contribution >= 0.6 is 0 Å². The van der Waals surface area contributed by atoms with E-state index in [0.29, 0.717) is 11.8 Å². The fourth-order valence-electron chi connectivity index (χ4n) is 4.70. The van der Waals surface area contributed by atoms with Crippen molar-refractivity contribution in [2.45, 2.75) is 84.0 Å². The minimum absolute atomic E-state index is 0.260. The topological polar surface area (TPSA) is 37.3 Å². The first-order valence-electron chi connectivity index (χ1n) is 10.2. The van der Waals surface area contributed by atoms with Crippen molar-refractivity contribution in [3.8, 4) is 0 Å². The Morgan fingerprint density at radius 1 is 1.15 bits per heavy atom. The average Bonchev–Trinajstić information content (AvgIpc) is 3.30. The Labute approximate surface area is 164 Å². The van der Waals surface area contributed by atoms with Gasteiger partial charge in [-0.1, -0.05) is 52.0 Å². The van der Waals surface area contributed by atoms with E-state index in [9.17, 15) is 4.79 Å². The lowest BCUT2D eigenvalue weighted by Crippen LogP contribution is -2.34. The first kappa shape index (κ1) is 19.9. The fourth-order valence-corrected chi connectivity index (χ4v) is 4.70. The molecule has 2 aliphatic rings. The zero-order chi connectivity index (χ0) is 20.0. The summed E-state index contributed by atoms with van der Waals surface area (Å²) in [6.07, 6.45) is 10.1. The molecule has 0 amide bonds. The molecule has 0 aliphatic heterocycles. The molecular formula is C25H34O2. The van der Waals surface area contributed by atoms with E-state index in [1.54, 1.807) is 11.1 Å². The van der Waals surface area contributed by atoms with Crippen LogP contribution in [0.5, 0.6) is 0 Å². The van der Waals surface area contributed by atoms with Gasteiger partial charge in [0, 0.05) is 6.08 Å². The maximum Gasteiger partial charge on any atom is 0.328 e. The zero-order valence-electron chi connectivity index (χ0n) is 17.7. The lowest BCUT2D eigenvalue weighted by Gasteiger charge is -2.42. The summed E-state index contributed by atoms with van der Waals surface area (Å²) in [7, 11) is 0. The van der Waals surface area contributed by atoms with E-state index in [1.165, 1.54) is 36.5 Å². The number of aliphatic carboxylic acids is 1. The fraction of sp³-hybridized carbons (Fsp3) is 0.560. The molecule has 2 nitrogen and oxygen atoms in total. The van der Waals surface area contributed by atoms with Crippen LogP contribution in [0.15, 0.2) is 35.9 Å². The number of carbonyl (C=O) groups is 1. The number of hydrogen-bond donors (Lipinski definition) is 1. The molecule has 1 aromatic rings. The second-order valence-corrected chi connectivity index (χ2v) is 9.99. The Kier molecular flexibility index (Phi) is 5.14. The Balaban J connectivity index is 1.78. The summed E-state index contributed by atoms with van der Waals surface area (Å²) < 4.78 is 0. The molecule has 2 atom stereocenters. The molecule has 146 valence electrons. The van der Waals surface area contributed by atoms with Crippen molar-refractivity contribution in [1.82, 2.24) is 0 Å². The summed E-state index contributed by atoms with van der Waals surface area (Å²) >= 11 is 0. The van der Waals surface area contributed by atoms with Crippen LogP contribution in [0.3, 0.4) is 0 Å². The van der Waals surface area contributed by atoms with Crippen molar-refractivity contribution < 1.29 is 9.90 Å². The molecule has 0 spiro atoms. The first-order valence-corrected chi connectivity index (χ1v) is 10.2. The van der Waals surface area contributed by atoms with Crippen molar-refractivity contribution in [1.29, 1.82) is 0 Å². The number of carboxylic acids is 1. The Morgan fingerprint density at radius 2 is 1.74 bits per heavy atom. The molecule has 3 rings (SSSR count). The summed E-state index contributed by atoms with van der Waals surface area (Å²) in [6, 6.07) is 4.99. The van der Waals surface area contributed by atoms with Gasteiger partial charge in [0.05, 0.1) is 0 Å². The second-order valence-electron chi connectivity index (χ2n) is 9.99. The molecule has 27 heavy (non-hydrogen) atoms. The van der Waals surface area contributed by atoms with Gasteiger partial charge in [0.25, 0.3) is 0 Å². The smallest absolute Gasteiger partial charge is 0.328 e. The zero-order valence-corrected chi connectivity index (χ0v) is 17.7. The van der Waals surface area contributed by atoms with Gasteiger partial charge in [0.15, 0.2) is 0 Å². The van der Waals surface area contributed by atoms with Gasteiger partial charge in [0.1, 0.15) is 0 Å². The summed E-state index contributed by atoms with van der Waals surface area (Å²) in [5.41, 5.74) is 7.42. The number of benzene rings is 1. The SMILES string of the molecule is CC(C=CCC1CC1c1cc2c(cc1C)C(C)(C)CCC2(C)C)=CC(=O)O. The highest BCUT2D eigenvalue weighted by molar-refractivity contribution is 5.81. The monoisotopic (exact) mass is 366 g/mol. The van der Waals surface area contributed by atoms with E-state index in [0.717, 1.165) is 12.0 Å². The van der Waals surface area contributed by atoms with E-state index < -0.39 is 5.97 Å². The first-order chi connectivity index (χ1) is 12.5. The van der Waals surface area contributed by atoms with E-state index in [-0.39, 0.29) is 10.8 Å². The summed E-state index contributed by atoms with van der Waals surface area (Å²) in [6.45, 7) is 13.7. The minimum atomic E-state index is -0.878. The Bertz CT molecular complexity index is 808. The van der Waals surface area contributed by atoms with Gasteiger partial charge in [-0.05, 0) is 90.0 Å². The van der Waals surface area contributed by atoms with Crippen LogP contribution in [0.2, 0.25) is 0 Å². The van der Waals surface area contributed by atoms with Crippen LogP contribution in [-0.2, 0) is 15.6 Å². The Hall–Kier alpha value is -1.83. The maximum atomic E-state index is 10.7. The number of rotatable bonds is 5. The highest BCUT2D eigenvalue weighted by atomic mass is 16.4. The molecule has 1 N–H and O–H groups in total. The number of allylic oxidation sites excluding steroid dienone is 3. The molecule has 0 heterocycles. The minimum Gasteiger partial charge on any atom is -0.478 e. The lowest BCUT2D eigenvalue weighted by molar-refractivity contribution is -0.131. The van der Waals surface area contributed by atoms with Gasteiger partial charge in [-0.3, -0.25) is 0 Å². The van der Waals surface area contributed by atoms with Crippen LogP contribution < -0.4 is 0 Å². The number of aryl methyl sites for hydroxylation is 1. The molecule has 2 unspecified atom stereocenters. The van der Waals surface area contributed by atoms with Crippen molar-refractivity contribution in [2.75, 3.05) is 0 Å². The molecule has 1 saturated carbocycles. The van der Waals surface area contributed by atoms with E-state index >= 15 is 0 Å². The van der Waals surface area contributed by atoms with Gasteiger partial charge in [-0.25, -0.2) is 4.79 Å². The second kappa shape index (κ2) is 6.96. The standard InChI is InChI=1S/C25H34O2/c1-16(12-23(26)27)8-7-9-18-14-20(18)19-15-22-21(13-17(19)2)24(3,4)10-11-25(22,5)6/h7-8,12-13,15,18,20H,9-11,14H2,1-6H3,(H,26,27). The van der Waals surface area contributed by atoms with Crippen LogP contribution in [0.1, 0.15) is 88.5 Å².